The quantitative estimate of drug-likeness (QED) is 0.469. The van der Waals surface area contributed by atoms with Crippen LogP contribution >= 0.6 is 0 Å². The molecule has 0 unspecified atom stereocenters. The second-order valence-corrected chi connectivity index (χ2v) is 4.75. The van der Waals surface area contributed by atoms with Crippen molar-refractivity contribution in [1.82, 2.24) is 0 Å². The van der Waals surface area contributed by atoms with E-state index in [9.17, 15) is 35.9 Å². The summed E-state index contributed by atoms with van der Waals surface area (Å²) >= 11 is 0. The average Bonchev–Trinajstić information content (AvgIpc) is 2.45. The number of rotatable bonds is 3. The van der Waals surface area contributed by atoms with Crippen molar-refractivity contribution in [3.63, 3.8) is 0 Å². The Morgan fingerprint density at radius 2 is 1.46 bits per heavy atom. The number of carbonyl (C=O) groups is 2. The molecule has 1 aromatic carbocycles. The van der Waals surface area contributed by atoms with E-state index >= 15 is 0 Å². The molecular formula is C15H8F6O3. The lowest BCUT2D eigenvalue weighted by Crippen LogP contribution is -2.34. The standard InChI is InChI=1S/C15H8F6O3/c16-14(17,18)12(15(19,20)21)5-6-24-11-7-10(22)13(23)9-4-2-1-3-8(9)11/h1-7,12H/b6-5-. The van der Waals surface area contributed by atoms with Crippen molar-refractivity contribution in [2.45, 2.75) is 12.4 Å². The molecule has 0 spiro atoms. The zero-order valence-electron chi connectivity index (χ0n) is 11.6. The molecule has 0 saturated heterocycles. The molecule has 128 valence electrons. The molecule has 0 heterocycles. The molecule has 0 bridgehead atoms. The van der Waals surface area contributed by atoms with Gasteiger partial charge in [-0.1, -0.05) is 24.3 Å². The number of ketones is 2. The summed E-state index contributed by atoms with van der Waals surface area (Å²) in [5.41, 5.74) is 0.0545. The maximum absolute atomic E-state index is 12.4. The van der Waals surface area contributed by atoms with Gasteiger partial charge in [0, 0.05) is 17.2 Å². The summed E-state index contributed by atoms with van der Waals surface area (Å²) in [6.07, 6.45) is -10.4. The Balaban J connectivity index is 2.27. The van der Waals surface area contributed by atoms with Gasteiger partial charge >= 0.3 is 12.4 Å². The number of alkyl halides is 6. The third-order valence-corrected chi connectivity index (χ3v) is 3.09. The van der Waals surface area contributed by atoms with E-state index < -0.39 is 29.8 Å². The number of allylic oxidation sites excluding steroid dienone is 2. The largest absolute Gasteiger partial charge is 0.465 e. The predicted molar refractivity (Wildman–Crippen MR) is 69.6 cm³/mol. The Labute approximate surface area is 131 Å². The summed E-state index contributed by atoms with van der Waals surface area (Å²) in [7, 11) is 0. The second-order valence-electron chi connectivity index (χ2n) is 4.75. The van der Waals surface area contributed by atoms with Gasteiger partial charge in [0.25, 0.3) is 0 Å². The molecule has 0 radical (unpaired) electrons. The lowest BCUT2D eigenvalue weighted by Gasteiger charge is -2.20. The molecular weight excluding hydrogens is 342 g/mol. The molecule has 0 aromatic heterocycles. The van der Waals surface area contributed by atoms with Crippen LogP contribution < -0.4 is 0 Å². The van der Waals surface area contributed by atoms with Gasteiger partial charge in [-0.05, 0) is 6.08 Å². The van der Waals surface area contributed by atoms with Gasteiger partial charge in [0.05, 0.1) is 6.26 Å². The fourth-order valence-electron chi connectivity index (χ4n) is 1.98. The van der Waals surface area contributed by atoms with Gasteiger partial charge in [-0.2, -0.15) is 26.3 Å². The molecule has 1 aliphatic carbocycles. The Hall–Kier alpha value is -2.58. The van der Waals surface area contributed by atoms with E-state index in [1.165, 1.54) is 24.3 Å². The summed E-state index contributed by atoms with van der Waals surface area (Å²) in [5.74, 6) is -5.85. The summed E-state index contributed by atoms with van der Waals surface area (Å²) in [4.78, 5) is 23.1. The highest BCUT2D eigenvalue weighted by Gasteiger charge is 2.55. The van der Waals surface area contributed by atoms with Crippen LogP contribution in [0.1, 0.15) is 15.9 Å². The first-order valence-corrected chi connectivity index (χ1v) is 6.38. The number of halogens is 6. The smallest absolute Gasteiger partial charge is 0.403 e. The number of ether oxygens (including phenoxy) is 1. The molecule has 0 aliphatic heterocycles. The molecule has 0 atom stereocenters. The van der Waals surface area contributed by atoms with E-state index in [4.69, 9.17) is 4.74 Å². The fraction of sp³-hybridized carbons (Fsp3) is 0.200. The summed E-state index contributed by atoms with van der Waals surface area (Å²) < 4.78 is 79.1. The van der Waals surface area contributed by atoms with Crippen molar-refractivity contribution in [3.05, 3.63) is 53.8 Å². The highest BCUT2D eigenvalue weighted by atomic mass is 19.4. The Bertz CT molecular complexity index is 713. The van der Waals surface area contributed by atoms with Gasteiger partial charge in [-0.3, -0.25) is 9.59 Å². The number of hydrogen-bond acceptors (Lipinski definition) is 3. The minimum atomic E-state index is -5.54. The molecule has 2 rings (SSSR count). The topological polar surface area (TPSA) is 43.4 Å². The number of benzene rings is 1. The summed E-state index contributed by atoms with van der Waals surface area (Å²) in [5, 5.41) is 0. The highest BCUT2D eigenvalue weighted by molar-refractivity contribution is 6.50. The van der Waals surface area contributed by atoms with Gasteiger partial charge in [0.2, 0.25) is 11.6 Å². The molecule has 0 N–H and O–H groups in total. The van der Waals surface area contributed by atoms with Gasteiger partial charge in [-0.25, -0.2) is 0 Å². The van der Waals surface area contributed by atoms with Crippen LogP contribution in [0.15, 0.2) is 42.7 Å². The van der Waals surface area contributed by atoms with Crippen LogP contribution in [0.5, 0.6) is 0 Å². The summed E-state index contributed by atoms with van der Waals surface area (Å²) in [6.45, 7) is 0. The Morgan fingerprint density at radius 1 is 0.917 bits per heavy atom. The Kier molecular flexibility index (Phi) is 4.54. The SMILES string of the molecule is O=C1C=C(O/C=C\C(C(F)(F)F)C(F)(F)F)c2ccccc2C1=O. The van der Waals surface area contributed by atoms with Crippen LogP contribution in [0, 0.1) is 5.92 Å². The molecule has 9 heteroatoms. The van der Waals surface area contributed by atoms with Gasteiger partial charge in [0.1, 0.15) is 5.76 Å². The molecule has 1 aliphatic rings. The van der Waals surface area contributed by atoms with Crippen molar-refractivity contribution in [2.75, 3.05) is 0 Å². The minimum absolute atomic E-state index is 0.0448. The van der Waals surface area contributed by atoms with Gasteiger partial charge in [0.15, 0.2) is 5.92 Å². The number of fused-ring (bicyclic) bond motifs is 1. The minimum Gasteiger partial charge on any atom is -0.465 e. The van der Waals surface area contributed by atoms with Crippen LogP contribution in [0.2, 0.25) is 0 Å². The maximum Gasteiger partial charge on any atom is 0.403 e. The normalized spacial score (nSPS) is 15.7. The lowest BCUT2D eigenvalue weighted by atomic mass is 9.94. The average molecular weight is 350 g/mol. The molecule has 24 heavy (non-hydrogen) atoms. The van der Waals surface area contributed by atoms with E-state index in [-0.39, 0.29) is 29.2 Å². The van der Waals surface area contributed by atoms with E-state index in [2.05, 4.69) is 0 Å². The lowest BCUT2D eigenvalue weighted by molar-refractivity contribution is -0.268. The zero-order chi connectivity index (χ0) is 18.1. The van der Waals surface area contributed by atoms with Crippen molar-refractivity contribution in [3.8, 4) is 0 Å². The fourth-order valence-corrected chi connectivity index (χ4v) is 1.98. The monoisotopic (exact) mass is 350 g/mol. The van der Waals surface area contributed by atoms with E-state index in [0.717, 1.165) is 0 Å². The first-order chi connectivity index (χ1) is 11.0. The van der Waals surface area contributed by atoms with Gasteiger partial charge < -0.3 is 4.74 Å². The first kappa shape index (κ1) is 17.8. The third-order valence-electron chi connectivity index (χ3n) is 3.09. The van der Waals surface area contributed by atoms with Crippen LogP contribution in [0.4, 0.5) is 26.3 Å². The zero-order valence-corrected chi connectivity index (χ0v) is 11.6. The molecule has 1 aromatic rings. The van der Waals surface area contributed by atoms with E-state index in [0.29, 0.717) is 6.08 Å². The second kappa shape index (κ2) is 6.14. The van der Waals surface area contributed by atoms with Crippen molar-refractivity contribution < 1.29 is 40.7 Å². The highest BCUT2D eigenvalue weighted by Crippen LogP contribution is 2.40. The van der Waals surface area contributed by atoms with Crippen molar-refractivity contribution in [2.24, 2.45) is 5.92 Å². The van der Waals surface area contributed by atoms with Crippen LogP contribution in [0.3, 0.4) is 0 Å². The molecule has 3 nitrogen and oxygen atoms in total. The predicted octanol–water partition coefficient (Wildman–Crippen LogP) is 4.06. The van der Waals surface area contributed by atoms with Crippen LogP contribution in [0.25, 0.3) is 5.76 Å². The number of Topliss-reactive ketones (excluding diaryl/α,β-unsaturated/α-hetero) is 1. The van der Waals surface area contributed by atoms with Crippen molar-refractivity contribution in [1.29, 1.82) is 0 Å². The number of hydrogen-bond donors (Lipinski definition) is 0. The molecule has 0 amide bonds. The van der Waals surface area contributed by atoms with Crippen LogP contribution in [-0.4, -0.2) is 23.9 Å². The molecule has 0 fully saturated rings. The Morgan fingerprint density at radius 3 is 2.00 bits per heavy atom. The number of carbonyl (C=O) groups excluding carboxylic acids is 2. The van der Waals surface area contributed by atoms with Crippen LogP contribution in [-0.2, 0) is 9.53 Å². The van der Waals surface area contributed by atoms with Gasteiger partial charge in [-0.15, -0.1) is 0 Å². The maximum atomic E-state index is 12.4. The molecule has 0 saturated carbocycles. The third kappa shape index (κ3) is 3.66. The van der Waals surface area contributed by atoms with Crippen molar-refractivity contribution >= 4 is 17.3 Å². The summed E-state index contributed by atoms with van der Waals surface area (Å²) in [6, 6.07) is 5.57. The first-order valence-electron chi connectivity index (χ1n) is 6.38. The van der Waals surface area contributed by atoms with E-state index in [1.807, 2.05) is 0 Å². The van der Waals surface area contributed by atoms with E-state index in [1.54, 1.807) is 0 Å².